The summed E-state index contributed by atoms with van der Waals surface area (Å²) in [5, 5.41) is 16.9. The van der Waals surface area contributed by atoms with Gasteiger partial charge in [-0.25, -0.2) is 4.39 Å². The molecule has 0 radical (unpaired) electrons. The van der Waals surface area contributed by atoms with Gasteiger partial charge in [-0.1, -0.05) is 29.8 Å². The molecule has 0 aliphatic rings. The maximum Gasteiger partial charge on any atom is 0.248 e. The highest BCUT2D eigenvalue weighted by atomic mass is 35.5. The van der Waals surface area contributed by atoms with Crippen molar-refractivity contribution in [1.82, 2.24) is 9.97 Å². The minimum atomic E-state index is -0.384. The molecule has 0 aliphatic heterocycles. The van der Waals surface area contributed by atoms with E-state index in [1.807, 2.05) is 13.0 Å². The fourth-order valence-electron chi connectivity index (χ4n) is 4.25. The van der Waals surface area contributed by atoms with Crippen molar-refractivity contribution in [1.29, 1.82) is 5.26 Å². The molecular formula is C33H25ClFN5O3. The summed E-state index contributed by atoms with van der Waals surface area (Å²) in [4.78, 5) is 21.4. The summed E-state index contributed by atoms with van der Waals surface area (Å²) < 4.78 is 25.1. The number of pyridine rings is 2. The summed E-state index contributed by atoms with van der Waals surface area (Å²) in [6, 6.07) is 22.2. The first kappa shape index (κ1) is 29.0. The molecule has 0 atom stereocenters. The number of aromatic nitrogens is 2. The number of amides is 1. The number of nitriles is 1. The topological polar surface area (TPSA) is 109 Å². The van der Waals surface area contributed by atoms with E-state index >= 15 is 0 Å². The Balaban J connectivity index is 1.43. The molecule has 8 nitrogen and oxygen atoms in total. The summed E-state index contributed by atoms with van der Waals surface area (Å²) in [7, 11) is 0. The van der Waals surface area contributed by atoms with Gasteiger partial charge in [-0.3, -0.25) is 14.8 Å². The van der Waals surface area contributed by atoms with E-state index in [2.05, 4.69) is 26.7 Å². The number of anilines is 3. The van der Waals surface area contributed by atoms with Crippen LogP contribution in [0.3, 0.4) is 0 Å². The Bertz CT molecular complexity index is 1860. The van der Waals surface area contributed by atoms with E-state index in [4.69, 9.17) is 21.1 Å². The molecule has 0 saturated carbocycles. The maximum atomic E-state index is 13.5. The highest BCUT2D eigenvalue weighted by Crippen LogP contribution is 2.37. The number of benzene rings is 3. The smallest absolute Gasteiger partial charge is 0.248 e. The number of hydrogen-bond donors (Lipinski definition) is 2. The van der Waals surface area contributed by atoms with Crippen LogP contribution in [0.1, 0.15) is 23.7 Å². The lowest BCUT2D eigenvalue weighted by Gasteiger charge is -2.16. The van der Waals surface area contributed by atoms with Crippen LogP contribution in [0.4, 0.5) is 21.5 Å². The second-order valence-corrected chi connectivity index (χ2v) is 9.63. The second kappa shape index (κ2) is 13.5. The van der Waals surface area contributed by atoms with Crippen LogP contribution < -0.4 is 20.1 Å². The molecule has 10 heteroatoms. The van der Waals surface area contributed by atoms with Gasteiger partial charge in [0.2, 0.25) is 5.91 Å². The van der Waals surface area contributed by atoms with E-state index in [0.29, 0.717) is 62.4 Å². The maximum absolute atomic E-state index is 13.5. The second-order valence-electron chi connectivity index (χ2n) is 9.22. The summed E-state index contributed by atoms with van der Waals surface area (Å²) >= 11 is 6.51. The Labute approximate surface area is 252 Å². The van der Waals surface area contributed by atoms with E-state index in [0.717, 1.165) is 0 Å². The predicted octanol–water partition coefficient (Wildman–Crippen LogP) is 7.67. The van der Waals surface area contributed by atoms with E-state index in [1.54, 1.807) is 66.9 Å². The van der Waals surface area contributed by atoms with Gasteiger partial charge in [0.15, 0.2) is 0 Å². The van der Waals surface area contributed by atoms with Gasteiger partial charge in [0.25, 0.3) is 0 Å². The van der Waals surface area contributed by atoms with Crippen molar-refractivity contribution in [2.24, 2.45) is 0 Å². The van der Waals surface area contributed by atoms with Crippen LogP contribution in [-0.4, -0.2) is 22.5 Å². The Morgan fingerprint density at radius 3 is 2.67 bits per heavy atom. The SMILES string of the molecule is CCOc1cc2ncc(C#N)c(Nc3ccc(OCc4cccc(F)c4)c(Cl)c3)c2cc1NC(=O)/C=C/c1ccccn1. The summed E-state index contributed by atoms with van der Waals surface area (Å²) in [6.45, 7) is 2.35. The van der Waals surface area contributed by atoms with Crippen LogP contribution in [0.25, 0.3) is 17.0 Å². The first-order chi connectivity index (χ1) is 20.9. The molecule has 3 aromatic carbocycles. The third kappa shape index (κ3) is 7.25. The fraction of sp³-hybridized carbons (Fsp3) is 0.0909. The zero-order chi connectivity index (χ0) is 30.2. The highest BCUT2D eigenvalue weighted by molar-refractivity contribution is 6.32. The van der Waals surface area contributed by atoms with Crippen molar-refractivity contribution >= 4 is 51.5 Å². The standard InChI is InChI=1S/C33H25ClFN5O3/c1-2-42-31-17-28-26(16-29(31)40-32(41)12-10-24-8-3-4-13-37-24)33(22(18-36)19-38-28)39-25-9-11-30(27(34)15-25)43-20-21-6-5-7-23(35)14-21/h3-17,19H,2,20H2,1H3,(H,38,39)(H,40,41)/b12-10+. The van der Waals surface area contributed by atoms with Gasteiger partial charge in [0, 0.05) is 35.6 Å². The molecule has 43 heavy (non-hydrogen) atoms. The predicted molar refractivity (Wildman–Crippen MR) is 165 cm³/mol. The number of rotatable bonds is 10. The van der Waals surface area contributed by atoms with Crippen molar-refractivity contribution in [3.8, 4) is 17.6 Å². The average molecular weight is 594 g/mol. The van der Waals surface area contributed by atoms with Crippen LogP contribution in [0.5, 0.6) is 11.5 Å². The molecule has 0 aliphatic carbocycles. The molecule has 1 amide bonds. The summed E-state index contributed by atoms with van der Waals surface area (Å²) in [6.07, 6.45) is 6.09. The van der Waals surface area contributed by atoms with Crippen LogP contribution >= 0.6 is 11.6 Å². The van der Waals surface area contributed by atoms with Gasteiger partial charge in [0.1, 0.15) is 30.0 Å². The molecule has 5 rings (SSSR count). The molecule has 0 saturated heterocycles. The van der Waals surface area contributed by atoms with Gasteiger partial charge >= 0.3 is 0 Å². The molecule has 0 fully saturated rings. The first-order valence-corrected chi connectivity index (χ1v) is 13.6. The fourth-order valence-corrected chi connectivity index (χ4v) is 4.48. The van der Waals surface area contributed by atoms with Crippen molar-refractivity contribution in [3.05, 3.63) is 119 Å². The normalized spacial score (nSPS) is 10.8. The third-order valence-corrected chi connectivity index (χ3v) is 6.52. The zero-order valence-corrected chi connectivity index (χ0v) is 23.7. The number of nitrogens with one attached hydrogen (secondary N) is 2. The minimum Gasteiger partial charge on any atom is -0.492 e. The van der Waals surface area contributed by atoms with E-state index in [-0.39, 0.29) is 23.9 Å². The van der Waals surface area contributed by atoms with Gasteiger partial charge in [-0.05, 0) is 67.1 Å². The number of nitrogens with zero attached hydrogens (tertiary/aromatic N) is 3. The number of fused-ring (bicyclic) bond motifs is 1. The molecule has 2 N–H and O–H groups in total. The Morgan fingerprint density at radius 1 is 1.05 bits per heavy atom. The Morgan fingerprint density at radius 2 is 1.93 bits per heavy atom. The highest BCUT2D eigenvalue weighted by Gasteiger charge is 2.16. The lowest BCUT2D eigenvalue weighted by molar-refractivity contribution is -0.111. The number of hydrogen-bond acceptors (Lipinski definition) is 7. The summed E-state index contributed by atoms with van der Waals surface area (Å²) in [5.41, 5.74) is 3.61. The molecule has 2 aromatic heterocycles. The Kier molecular flexibility index (Phi) is 9.10. The molecule has 0 bridgehead atoms. The minimum absolute atomic E-state index is 0.144. The van der Waals surface area contributed by atoms with Crippen molar-refractivity contribution in [2.75, 3.05) is 17.2 Å². The first-order valence-electron chi connectivity index (χ1n) is 13.3. The zero-order valence-electron chi connectivity index (χ0n) is 23.0. The molecular weight excluding hydrogens is 569 g/mol. The summed E-state index contributed by atoms with van der Waals surface area (Å²) in [5.74, 6) is 0.120. The van der Waals surface area contributed by atoms with Crippen molar-refractivity contribution < 1.29 is 18.7 Å². The third-order valence-electron chi connectivity index (χ3n) is 6.23. The van der Waals surface area contributed by atoms with Gasteiger partial charge < -0.3 is 20.1 Å². The molecule has 0 unspecified atom stereocenters. The number of carbonyl (C=O) groups excluding carboxylic acids is 1. The van der Waals surface area contributed by atoms with Crippen molar-refractivity contribution in [3.63, 3.8) is 0 Å². The lowest BCUT2D eigenvalue weighted by atomic mass is 10.1. The van der Waals surface area contributed by atoms with Gasteiger partial charge in [0.05, 0.1) is 39.8 Å². The van der Waals surface area contributed by atoms with Crippen molar-refractivity contribution in [2.45, 2.75) is 13.5 Å². The number of carbonyl (C=O) groups is 1. The molecule has 5 aromatic rings. The van der Waals surface area contributed by atoms with Gasteiger partial charge in [-0.2, -0.15) is 5.26 Å². The molecule has 0 spiro atoms. The lowest BCUT2D eigenvalue weighted by Crippen LogP contribution is -2.10. The monoisotopic (exact) mass is 593 g/mol. The van der Waals surface area contributed by atoms with Crippen LogP contribution in [0.2, 0.25) is 5.02 Å². The van der Waals surface area contributed by atoms with E-state index in [9.17, 15) is 14.4 Å². The average Bonchev–Trinajstić information content (AvgIpc) is 3.01. The quantitative estimate of drug-likeness (QED) is 0.160. The molecule has 214 valence electrons. The van der Waals surface area contributed by atoms with Gasteiger partial charge in [-0.15, -0.1) is 0 Å². The van der Waals surface area contributed by atoms with E-state index in [1.165, 1.54) is 24.4 Å². The number of ether oxygens (including phenoxy) is 2. The molecule has 2 heterocycles. The van der Waals surface area contributed by atoms with Crippen LogP contribution in [0.15, 0.2) is 91.3 Å². The Hall–Kier alpha value is -5.46. The van der Waals surface area contributed by atoms with Crippen LogP contribution in [-0.2, 0) is 11.4 Å². The largest absolute Gasteiger partial charge is 0.492 e. The number of halogens is 2. The van der Waals surface area contributed by atoms with Crippen LogP contribution in [0, 0.1) is 17.1 Å². The van der Waals surface area contributed by atoms with E-state index < -0.39 is 0 Å².